The molecule has 40 heavy (non-hydrogen) atoms. The second kappa shape index (κ2) is 15.5. The van der Waals surface area contributed by atoms with Crippen LogP contribution >= 0.6 is 7.82 Å². The summed E-state index contributed by atoms with van der Waals surface area (Å²) in [7, 11) is -8.54. The fourth-order valence-corrected chi connectivity index (χ4v) is 5.52. The molecular weight excluding hydrogens is 565 g/mol. The summed E-state index contributed by atoms with van der Waals surface area (Å²) in [6.07, 6.45) is -1.29. The topological polar surface area (TPSA) is 209 Å². The van der Waals surface area contributed by atoms with E-state index >= 15 is 0 Å². The largest absolute Gasteiger partial charge is 0.466 e. The van der Waals surface area contributed by atoms with Crippen LogP contribution in [0.4, 0.5) is 10.5 Å². The molecule has 224 valence electrons. The highest BCUT2D eigenvalue weighted by atomic mass is 32.2. The van der Waals surface area contributed by atoms with Gasteiger partial charge in [0.15, 0.2) is 0 Å². The Balaban J connectivity index is 0.00000103. The van der Waals surface area contributed by atoms with E-state index in [1.807, 2.05) is 44.2 Å². The molecule has 1 fully saturated rings. The Hall–Kier alpha value is -2.55. The van der Waals surface area contributed by atoms with E-state index in [2.05, 4.69) is 5.32 Å². The van der Waals surface area contributed by atoms with Crippen molar-refractivity contribution in [3.63, 3.8) is 0 Å². The fourth-order valence-electron chi connectivity index (χ4n) is 3.90. The summed E-state index contributed by atoms with van der Waals surface area (Å²) in [6.45, 7) is 4.67. The first-order valence-electron chi connectivity index (χ1n) is 12.6. The second-order valence-electron chi connectivity index (χ2n) is 9.70. The van der Waals surface area contributed by atoms with E-state index in [1.54, 1.807) is 0 Å². The number of alkyl carbamates (subject to hydrolysis) is 1. The summed E-state index contributed by atoms with van der Waals surface area (Å²) >= 11 is 0. The van der Waals surface area contributed by atoms with Gasteiger partial charge in [0.05, 0.1) is 30.3 Å². The van der Waals surface area contributed by atoms with Gasteiger partial charge in [-0.3, -0.25) is 0 Å². The van der Waals surface area contributed by atoms with E-state index in [4.69, 9.17) is 34.5 Å². The van der Waals surface area contributed by atoms with Gasteiger partial charge in [0.1, 0.15) is 6.10 Å². The molecular formula is C25H38N3O10PS. The molecule has 3 atom stereocenters. The second-order valence-corrected chi connectivity index (χ2v) is 12.7. The SMILES string of the molecule is CC(C)CN(C[C@@H](O)[C@H](Cc1ccccc1)NC(=O)O[C@H]1CCOC1)S(=O)(=O)c1ccc(N)cc1.O=P(O)(O)O. The van der Waals surface area contributed by atoms with Gasteiger partial charge in [-0.2, -0.15) is 4.31 Å². The van der Waals surface area contributed by atoms with Crippen LogP contribution in [0.1, 0.15) is 25.8 Å². The van der Waals surface area contributed by atoms with Crippen molar-refractivity contribution >= 4 is 29.6 Å². The van der Waals surface area contributed by atoms with Gasteiger partial charge in [-0.15, -0.1) is 0 Å². The van der Waals surface area contributed by atoms with Gasteiger partial charge in [-0.1, -0.05) is 44.2 Å². The Morgan fingerprint density at radius 1 is 1.12 bits per heavy atom. The van der Waals surface area contributed by atoms with Crippen molar-refractivity contribution < 1.29 is 47.0 Å². The minimum atomic E-state index is -4.64. The highest BCUT2D eigenvalue weighted by Gasteiger charge is 2.32. The van der Waals surface area contributed by atoms with Crippen molar-refractivity contribution in [3.05, 3.63) is 60.2 Å². The maximum atomic E-state index is 13.4. The summed E-state index contributed by atoms with van der Waals surface area (Å²) < 4.78 is 47.6. The number of rotatable bonds is 11. The highest BCUT2D eigenvalue weighted by molar-refractivity contribution is 7.89. The third-order valence-corrected chi connectivity index (χ3v) is 7.55. The normalized spacial score (nSPS) is 17.1. The number of nitrogens with two attached hydrogens (primary N) is 1. The van der Waals surface area contributed by atoms with Crippen molar-refractivity contribution in [2.75, 3.05) is 32.0 Å². The lowest BCUT2D eigenvalue weighted by atomic mass is 10.0. The van der Waals surface area contributed by atoms with Crippen molar-refractivity contribution in [1.29, 1.82) is 0 Å². The van der Waals surface area contributed by atoms with Gasteiger partial charge < -0.3 is 40.3 Å². The zero-order chi connectivity index (χ0) is 29.9. The third kappa shape index (κ3) is 12.3. The van der Waals surface area contributed by atoms with E-state index in [9.17, 15) is 18.3 Å². The van der Waals surface area contributed by atoms with Crippen LogP contribution in [-0.2, 0) is 30.5 Å². The van der Waals surface area contributed by atoms with Gasteiger partial charge in [0.2, 0.25) is 10.0 Å². The molecule has 0 saturated carbocycles. The number of aliphatic hydroxyl groups excluding tert-OH is 1. The summed E-state index contributed by atoms with van der Waals surface area (Å²) in [5, 5.41) is 13.9. The first-order valence-corrected chi connectivity index (χ1v) is 15.6. The average molecular weight is 604 g/mol. The van der Waals surface area contributed by atoms with E-state index in [-0.39, 0.29) is 30.0 Å². The summed E-state index contributed by atoms with van der Waals surface area (Å²) in [5.41, 5.74) is 7.06. The van der Waals surface area contributed by atoms with Gasteiger partial charge >= 0.3 is 13.9 Å². The number of amides is 1. The molecule has 0 aliphatic carbocycles. The number of carbonyl (C=O) groups excluding carboxylic acids is 1. The number of carbonyl (C=O) groups is 1. The number of nitrogens with one attached hydrogen (secondary N) is 1. The Morgan fingerprint density at radius 2 is 1.73 bits per heavy atom. The molecule has 1 aliphatic rings. The molecule has 1 aliphatic heterocycles. The molecule has 7 N–H and O–H groups in total. The highest BCUT2D eigenvalue weighted by Crippen LogP contribution is 2.26. The molecule has 1 heterocycles. The predicted molar refractivity (Wildman–Crippen MR) is 147 cm³/mol. The lowest BCUT2D eigenvalue weighted by molar-refractivity contribution is 0.0644. The minimum Gasteiger partial charge on any atom is -0.444 e. The van der Waals surface area contributed by atoms with Gasteiger partial charge in [0.25, 0.3) is 0 Å². The monoisotopic (exact) mass is 603 g/mol. The predicted octanol–water partition coefficient (Wildman–Crippen LogP) is 1.47. The molecule has 0 unspecified atom stereocenters. The number of hydrogen-bond acceptors (Lipinski definition) is 8. The number of benzene rings is 2. The fraction of sp³-hybridized carbons (Fsp3) is 0.480. The first kappa shape index (κ1) is 33.7. The molecule has 13 nitrogen and oxygen atoms in total. The maximum absolute atomic E-state index is 13.4. The molecule has 2 aromatic carbocycles. The molecule has 1 amide bonds. The Labute approximate surface area is 234 Å². The summed E-state index contributed by atoms with van der Waals surface area (Å²) in [4.78, 5) is 34.2. The van der Waals surface area contributed by atoms with Crippen LogP contribution in [0.3, 0.4) is 0 Å². The Morgan fingerprint density at radius 3 is 2.25 bits per heavy atom. The number of hydrogen-bond donors (Lipinski definition) is 6. The molecule has 0 bridgehead atoms. The number of phosphoric acid groups is 1. The van der Waals surface area contributed by atoms with Crippen molar-refractivity contribution in [2.24, 2.45) is 5.92 Å². The van der Waals surface area contributed by atoms with Gasteiger partial charge in [-0.05, 0) is 42.2 Å². The lowest BCUT2D eigenvalue weighted by Gasteiger charge is -2.30. The molecule has 0 spiro atoms. The van der Waals surface area contributed by atoms with Crippen LogP contribution in [0.15, 0.2) is 59.5 Å². The van der Waals surface area contributed by atoms with Gasteiger partial charge in [-0.25, -0.2) is 17.8 Å². The van der Waals surface area contributed by atoms with Crippen molar-refractivity contribution in [2.45, 2.75) is 49.8 Å². The number of nitrogen functional groups attached to an aromatic ring is 1. The number of ether oxygens (including phenoxy) is 2. The number of anilines is 1. The molecule has 0 radical (unpaired) electrons. The smallest absolute Gasteiger partial charge is 0.444 e. The summed E-state index contributed by atoms with van der Waals surface area (Å²) in [5.74, 6) is 0.0126. The van der Waals surface area contributed by atoms with Crippen LogP contribution in [0.25, 0.3) is 0 Å². The summed E-state index contributed by atoms with van der Waals surface area (Å²) in [6, 6.07) is 14.6. The number of sulfonamides is 1. The van der Waals surface area contributed by atoms with E-state index in [0.29, 0.717) is 31.7 Å². The average Bonchev–Trinajstić information content (AvgIpc) is 3.35. The molecule has 1 saturated heterocycles. The quantitative estimate of drug-likeness (QED) is 0.160. The Bertz CT molecular complexity index is 1190. The van der Waals surface area contributed by atoms with Gasteiger partial charge in [0, 0.05) is 25.2 Å². The third-order valence-electron chi connectivity index (χ3n) is 5.71. The molecule has 15 heteroatoms. The molecule has 3 rings (SSSR count). The maximum Gasteiger partial charge on any atom is 0.466 e. The Kier molecular flexibility index (Phi) is 13.0. The van der Waals surface area contributed by atoms with Crippen LogP contribution in [0.2, 0.25) is 0 Å². The number of aliphatic hydroxyl groups is 1. The van der Waals surface area contributed by atoms with Crippen molar-refractivity contribution in [1.82, 2.24) is 9.62 Å². The van der Waals surface area contributed by atoms with E-state index in [0.717, 1.165) is 5.56 Å². The molecule has 2 aromatic rings. The van der Waals surface area contributed by atoms with Crippen LogP contribution in [0.5, 0.6) is 0 Å². The van der Waals surface area contributed by atoms with Crippen LogP contribution in [-0.4, -0.2) is 83.2 Å². The van der Waals surface area contributed by atoms with Crippen molar-refractivity contribution in [3.8, 4) is 0 Å². The minimum absolute atomic E-state index is 0.0126. The number of nitrogens with zero attached hydrogens (tertiary/aromatic N) is 1. The van der Waals surface area contributed by atoms with E-state index in [1.165, 1.54) is 28.6 Å². The lowest BCUT2D eigenvalue weighted by Crippen LogP contribution is -2.51. The first-order chi connectivity index (χ1) is 18.6. The zero-order valence-electron chi connectivity index (χ0n) is 22.4. The van der Waals surface area contributed by atoms with E-state index < -0.39 is 36.1 Å². The standard InChI is InChI=1S/C25H35N3O6S.H3O4P/c1-18(2)15-28(35(31,32)22-10-8-20(26)9-11-22)16-24(29)23(14-19-6-4-3-5-7-19)27-25(30)34-21-12-13-33-17-21;1-5(2,3)4/h3-11,18,21,23-24,29H,12-17,26H2,1-2H3,(H,27,30);(H3,1,2,3,4)/t21-,23-,24+;/m0./s1. The zero-order valence-corrected chi connectivity index (χ0v) is 24.1. The van der Waals surface area contributed by atoms with Crippen LogP contribution < -0.4 is 11.1 Å². The molecule has 0 aromatic heterocycles. The van der Waals surface area contributed by atoms with Crippen LogP contribution in [0, 0.1) is 5.92 Å².